The van der Waals surface area contributed by atoms with Crippen LogP contribution in [0.4, 0.5) is 4.39 Å². The molecule has 8 heteroatoms. The normalized spacial score (nSPS) is 17.0. The van der Waals surface area contributed by atoms with Crippen LogP contribution in [0.3, 0.4) is 0 Å². The first-order valence-electron chi connectivity index (χ1n) is 7.72. The Morgan fingerprint density at radius 3 is 3.21 bits per heavy atom. The third-order valence-corrected chi connectivity index (χ3v) is 3.99. The van der Waals surface area contributed by atoms with Crippen molar-refractivity contribution in [2.24, 2.45) is 4.99 Å². The van der Waals surface area contributed by atoms with Crippen LogP contribution in [0.15, 0.2) is 29.5 Å². The van der Waals surface area contributed by atoms with Crippen LogP contribution in [0.25, 0.3) is 0 Å². The highest BCUT2D eigenvalue weighted by atomic mass is 19.1. The molecule has 124 valence electrons. The van der Waals surface area contributed by atoms with Crippen LogP contribution in [-0.4, -0.2) is 33.8 Å². The number of guanidine groups is 1. The van der Waals surface area contributed by atoms with Gasteiger partial charge in [-0.05, 0) is 24.6 Å². The minimum absolute atomic E-state index is 0.181. The predicted molar refractivity (Wildman–Crippen MR) is 86.6 cm³/mol. The highest BCUT2D eigenvalue weighted by Crippen LogP contribution is 2.12. The fraction of sp³-hybridized carbons (Fsp3) is 0.375. The molecule has 2 aromatic rings. The topological polar surface area (TPSA) is 90.9 Å². The molecule has 1 aliphatic heterocycles. The van der Waals surface area contributed by atoms with Gasteiger partial charge >= 0.3 is 0 Å². The molecule has 0 saturated carbocycles. The third kappa shape index (κ3) is 3.51. The molecule has 24 heavy (non-hydrogen) atoms. The minimum atomic E-state index is -0.345. The lowest BCUT2D eigenvalue weighted by atomic mass is 10.1. The quantitative estimate of drug-likeness (QED) is 0.647. The summed E-state index contributed by atoms with van der Waals surface area (Å²) in [6.07, 6.45) is 3.35. The molecular formula is C16H18FN7. The molecule has 7 nitrogen and oxygen atoms in total. The van der Waals surface area contributed by atoms with Crippen molar-refractivity contribution in [3.05, 3.63) is 47.3 Å². The van der Waals surface area contributed by atoms with Gasteiger partial charge in [0, 0.05) is 31.6 Å². The number of nitrogens with one attached hydrogen (secondary N) is 2. The van der Waals surface area contributed by atoms with Crippen LogP contribution in [-0.2, 0) is 19.5 Å². The molecule has 1 unspecified atom stereocenters. The molecule has 1 aliphatic rings. The van der Waals surface area contributed by atoms with E-state index >= 15 is 0 Å². The zero-order valence-electron chi connectivity index (χ0n) is 13.3. The fourth-order valence-corrected chi connectivity index (χ4v) is 2.70. The van der Waals surface area contributed by atoms with Gasteiger partial charge in [0.2, 0.25) is 0 Å². The summed E-state index contributed by atoms with van der Waals surface area (Å²) in [6, 6.07) is 6.50. The number of benzene rings is 1. The first-order chi connectivity index (χ1) is 11.7. The van der Waals surface area contributed by atoms with E-state index in [1.54, 1.807) is 13.4 Å². The van der Waals surface area contributed by atoms with Crippen molar-refractivity contribution in [3.8, 4) is 6.07 Å². The maximum Gasteiger partial charge on any atom is 0.191 e. The zero-order chi connectivity index (χ0) is 16.9. The van der Waals surface area contributed by atoms with E-state index < -0.39 is 0 Å². The van der Waals surface area contributed by atoms with Crippen molar-refractivity contribution >= 4 is 5.96 Å². The summed E-state index contributed by atoms with van der Waals surface area (Å²) in [5.74, 6) is 1.23. The molecule has 1 aromatic carbocycles. The second-order valence-electron chi connectivity index (χ2n) is 5.58. The number of nitriles is 1. The molecular weight excluding hydrogens is 309 g/mol. The highest BCUT2D eigenvalue weighted by molar-refractivity contribution is 5.80. The van der Waals surface area contributed by atoms with Crippen LogP contribution in [0, 0.1) is 17.1 Å². The summed E-state index contributed by atoms with van der Waals surface area (Å²) in [5.41, 5.74) is 0.862. The third-order valence-electron chi connectivity index (χ3n) is 3.99. The van der Waals surface area contributed by atoms with Crippen molar-refractivity contribution in [2.45, 2.75) is 32.0 Å². The molecule has 0 fully saturated rings. The Kier molecular flexibility index (Phi) is 4.70. The standard InChI is InChI=1S/C16H18FN7/c1-19-16(20-8-12-6-11(7-18)2-4-14(12)17)23-13-3-5-15-21-10-22-24(15)9-13/h2,4,6,10,13H,3,5,8-9H2,1H3,(H2,19,20,23). The van der Waals surface area contributed by atoms with Gasteiger partial charge in [-0.3, -0.25) is 4.99 Å². The van der Waals surface area contributed by atoms with E-state index in [-0.39, 0.29) is 18.4 Å². The van der Waals surface area contributed by atoms with Gasteiger partial charge in [0.05, 0.1) is 18.2 Å². The van der Waals surface area contributed by atoms with Gasteiger partial charge < -0.3 is 10.6 Å². The van der Waals surface area contributed by atoms with Crippen LogP contribution >= 0.6 is 0 Å². The molecule has 0 aliphatic carbocycles. The maximum absolute atomic E-state index is 13.8. The number of hydrogen-bond donors (Lipinski definition) is 2. The van der Waals surface area contributed by atoms with Gasteiger partial charge in [0.1, 0.15) is 18.0 Å². The zero-order valence-corrected chi connectivity index (χ0v) is 13.3. The van der Waals surface area contributed by atoms with Crippen LogP contribution in [0.5, 0.6) is 0 Å². The van der Waals surface area contributed by atoms with E-state index in [9.17, 15) is 4.39 Å². The van der Waals surface area contributed by atoms with Crippen LogP contribution in [0.1, 0.15) is 23.4 Å². The van der Waals surface area contributed by atoms with Gasteiger partial charge in [-0.2, -0.15) is 10.4 Å². The second kappa shape index (κ2) is 7.08. The smallest absolute Gasteiger partial charge is 0.191 e. The monoisotopic (exact) mass is 327 g/mol. The van der Waals surface area contributed by atoms with E-state index in [0.717, 1.165) is 18.7 Å². The van der Waals surface area contributed by atoms with Crippen molar-refractivity contribution in [1.29, 1.82) is 5.26 Å². The number of aromatic nitrogens is 3. The number of nitrogens with zero attached hydrogens (tertiary/aromatic N) is 5. The van der Waals surface area contributed by atoms with Gasteiger partial charge in [0.15, 0.2) is 5.96 Å². The largest absolute Gasteiger partial charge is 0.352 e. The van der Waals surface area contributed by atoms with Crippen molar-refractivity contribution in [3.63, 3.8) is 0 Å². The molecule has 1 atom stereocenters. The van der Waals surface area contributed by atoms with E-state index in [2.05, 4.69) is 25.7 Å². The Morgan fingerprint density at radius 1 is 1.54 bits per heavy atom. The molecule has 0 spiro atoms. The number of hydrogen-bond acceptors (Lipinski definition) is 4. The van der Waals surface area contributed by atoms with E-state index in [0.29, 0.717) is 23.6 Å². The van der Waals surface area contributed by atoms with Crippen LogP contribution < -0.4 is 10.6 Å². The summed E-state index contributed by atoms with van der Waals surface area (Å²) in [6.45, 7) is 0.969. The molecule has 0 amide bonds. The summed E-state index contributed by atoms with van der Waals surface area (Å²) in [5, 5.41) is 19.5. The Labute approximate surface area is 139 Å². The molecule has 1 aromatic heterocycles. The Morgan fingerprint density at radius 2 is 2.42 bits per heavy atom. The molecule has 2 heterocycles. The SMILES string of the molecule is CN=C(NCc1cc(C#N)ccc1F)NC1CCc2ncnn2C1. The van der Waals surface area contributed by atoms with Gasteiger partial charge in [-0.15, -0.1) is 0 Å². The Balaban J connectivity index is 1.59. The number of rotatable bonds is 3. The molecule has 2 N–H and O–H groups in total. The highest BCUT2D eigenvalue weighted by Gasteiger charge is 2.20. The first-order valence-corrected chi connectivity index (χ1v) is 7.72. The average molecular weight is 327 g/mol. The average Bonchev–Trinajstić information content (AvgIpc) is 3.07. The lowest BCUT2D eigenvalue weighted by Crippen LogP contribution is -2.46. The molecule has 0 bridgehead atoms. The van der Waals surface area contributed by atoms with Gasteiger partial charge in [-0.1, -0.05) is 0 Å². The van der Waals surface area contributed by atoms with Crippen molar-refractivity contribution < 1.29 is 4.39 Å². The summed E-state index contributed by atoms with van der Waals surface area (Å²) in [4.78, 5) is 8.38. The second-order valence-corrected chi connectivity index (χ2v) is 5.58. The fourth-order valence-electron chi connectivity index (χ4n) is 2.70. The Bertz CT molecular complexity index is 790. The van der Waals surface area contributed by atoms with Crippen molar-refractivity contribution in [1.82, 2.24) is 25.4 Å². The summed E-state index contributed by atoms with van der Waals surface area (Å²) < 4.78 is 15.7. The lowest BCUT2D eigenvalue weighted by Gasteiger charge is -2.25. The van der Waals surface area contributed by atoms with Crippen LogP contribution in [0.2, 0.25) is 0 Å². The number of fused-ring (bicyclic) bond motifs is 1. The summed E-state index contributed by atoms with van der Waals surface area (Å²) in [7, 11) is 1.67. The van der Waals surface area contributed by atoms with Gasteiger partial charge in [0.25, 0.3) is 0 Å². The van der Waals surface area contributed by atoms with Gasteiger partial charge in [-0.25, -0.2) is 14.1 Å². The summed E-state index contributed by atoms with van der Waals surface area (Å²) >= 11 is 0. The van der Waals surface area contributed by atoms with E-state index in [1.807, 2.05) is 10.8 Å². The number of halogens is 1. The molecule has 0 radical (unpaired) electrons. The first kappa shape index (κ1) is 15.9. The Hall–Kier alpha value is -2.95. The maximum atomic E-state index is 13.8. The number of aryl methyl sites for hydroxylation is 1. The van der Waals surface area contributed by atoms with Crippen molar-refractivity contribution in [2.75, 3.05) is 7.05 Å². The molecule has 3 rings (SSSR count). The molecule has 0 saturated heterocycles. The van der Waals surface area contributed by atoms with E-state index in [1.165, 1.54) is 18.2 Å². The van der Waals surface area contributed by atoms with E-state index in [4.69, 9.17) is 5.26 Å². The number of aliphatic imine (C=N–C) groups is 1. The predicted octanol–water partition coefficient (Wildman–Crippen LogP) is 0.969. The minimum Gasteiger partial charge on any atom is -0.352 e. The lowest BCUT2D eigenvalue weighted by molar-refractivity contribution is 0.392.